The van der Waals surface area contributed by atoms with Gasteiger partial charge in [0.05, 0.1) is 5.56 Å². The molecule has 11 heteroatoms. The number of aryl methyl sites for hydroxylation is 1. The van der Waals surface area contributed by atoms with Gasteiger partial charge in [-0.3, -0.25) is 4.79 Å². The van der Waals surface area contributed by atoms with E-state index in [0.29, 0.717) is 27.5 Å². The van der Waals surface area contributed by atoms with Crippen molar-refractivity contribution >= 4 is 28.8 Å². The molecule has 0 saturated carbocycles. The van der Waals surface area contributed by atoms with E-state index in [2.05, 4.69) is 20.6 Å². The molecule has 34 heavy (non-hydrogen) atoms. The predicted octanol–water partition coefficient (Wildman–Crippen LogP) is 3.95. The van der Waals surface area contributed by atoms with Gasteiger partial charge in [0.15, 0.2) is 5.65 Å². The van der Waals surface area contributed by atoms with Crippen molar-refractivity contribution in [2.75, 3.05) is 5.32 Å². The lowest BCUT2D eigenvalue weighted by molar-refractivity contribution is -0.117. The lowest BCUT2D eigenvalue weighted by Crippen LogP contribution is -2.28. The molecule has 0 atom stereocenters. The molecular weight excluding hydrogens is 463 g/mol. The van der Waals surface area contributed by atoms with Gasteiger partial charge in [-0.05, 0) is 61.0 Å². The van der Waals surface area contributed by atoms with Gasteiger partial charge in [-0.1, -0.05) is 22.8 Å². The number of fused-ring (bicyclic) bond motifs is 1. The normalized spacial score (nSPS) is 11.1. The Morgan fingerprint density at radius 3 is 2.74 bits per heavy atom. The Bertz CT molecular complexity index is 1590. The maximum atomic E-state index is 13.7. The topological polar surface area (TPSA) is 107 Å². The van der Waals surface area contributed by atoms with Crippen LogP contribution in [0.2, 0.25) is 5.02 Å². The molecule has 170 valence electrons. The molecule has 1 N–H and O–H groups in total. The van der Waals surface area contributed by atoms with E-state index in [0.717, 1.165) is 4.68 Å². The minimum absolute atomic E-state index is 0.160. The van der Waals surface area contributed by atoms with E-state index in [4.69, 9.17) is 16.1 Å². The number of rotatable bonds is 5. The van der Waals surface area contributed by atoms with Gasteiger partial charge in [-0.25, -0.2) is 18.3 Å². The molecule has 9 nitrogen and oxygen atoms in total. The van der Waals surface area contributed by atoms with E-state index in [9.17, 15) is 14.0 Å². The first-order chi connectivity index (χ1) is 16.4. The number of pyridine rings is 1. The smallest absolute Gasteiger partial charge is 0.333 e. The van der Waals surface area contributed by atoms with Crippen LogP contribution in [0.4, 0.5) is 10.1 Å². The molecule has 0 aliphatic rings. The predicted molar refractivity (Wildman–Crippen MR) is 123 cm³/mol. The van der Waals surface area contributed by atoms with Crippen LogP contribution in [0.5, 0.6) is 0 Å². The van der Waals surface area contributed by atoms with Crippen LogP contribution in [0.1, 0.15) is 5.56 Å². The molecule has 2 aromatic carbocycles. The van der Waals surface area contributed by atoms with Gasteiger partial charge in [0.25, 0.3) is 5.89 Å². The lowest BCUT2D eigenvalue weighted by Gasteiger charge is -2.05. The average molecular weight is 479 g/mol. The number of hydrogen-bond acceptors (Lipinski definition) is 6. The fourth-order valence-corrected chi connectivity index (χ4v) is 3.49. The van der Waals surface area contributed by atoms with Crippen molar-refractivity contribution in [1.82, 2.24) is 24.3 Å². The zero-order chi connectivity index (χ0) is 23.8. The third-order valence-electron chi connectivity index (χ3n) is 5.12. The molecule has 0 aliphatic carbocycles. The molecule has 0 spiro atoms. The van der Waals surface area contributed by atoms with Crippen LogP contribution in [0, 0.1) is 12.7 Å². The third kappa shape index (κ3) is 4.06. The maximum absolute atomic E-state index is 13.7. The molecule has 1 amide bonds. The number of nitrogens with one attached hydrogen (secondary N) is 1. The fraction of sp³-hybridized carbons (Fsp3) is 0.0870. The molecule has 0 unspecified atom stereocenters. The highest BCUT2D eigenvalue weighted by atomic mass is 35.5. The zero-order valence-corrected chi connectivity index (χ0v) is 18.5. The summed E-state index contributed by atoms with van der Waals surface area (Å²) in [4.78, 5) is 29.7. The number of anilines is 1. The quantitative estimate of drug-likeness (QED) is 0.410. The maximum Gasteiger partial charge on any atom is 0.350 e. The second kappa shape index (κ2) is 8.56. The van der Waals surface area contributed by atoms with Crippen LogP contribution in [0.3, 0.4) is 0 Å². The first-order valence-electron chi connectivity index (χ1n) is 10.1. The minimum Gasteiger partial charge on any atom is -0.333 e. The second-order valence-corrected chi connectivity index (χ2v) is 7.93. The van der Waals surface area contributed by atoms with E-state index in [1.165, 1.54) is 16.7 Å². The van der Waals surface area contributed by atoms with E-state index in [-0.39, 0.29) is 23.8 Å². The van der Waals surface area contributed by atoms with Gasteiger partial charge >= 0.3 is 5.69 Å². The summed E-state index contributed by atoms with van der Waals surface area (Å²) >= 11 is 5.92. The minimum atomic E-state index is -0.530. The zero-order valence-electron chi connectivity index (χ0n) is 17.7. The van der Waals surface area contributed by atoms with Crippen molar-refractivity contribution in [2.24, 2.45) is 0 Å². The Kier molecular flexibility index (Phi) is 5.42. The van der Waals surface area contributed by atoms with E-state index in [1.807, 2.05) is 0 Å². The number of benzene rings is 2. The average Bonchev–Trinajstić information content (AvgIpc) is 3.42. The largest absolute Gasteiger partial charge is 0.350 e. The van der Waals surface area contributed by atoms with E-state index < -0.39 is 17.4 Å². The van der Waals surface area contributed by atoms with Crippen molar-refractivity contribution < 1.29 is 13.7 Å². The van der Waals surface area contributed by atoms with Gasteiger partial charge < -0.3 is 9.84 Å². The summed E-state index contributed by atoms with van der Waals surface area (Å²) in [7, 11) is 0. The molecule has 5 aromatic rings. The highest BCUT2D eigenvalue weighted by Crippen LogP contribution is 2.25. The summed E-state index contributed by atoms with van der Waals surface area (Å²) in [5.74, 6) is -0.463. The first-order valence-corrected chi connectivity index (χ1v) is 10.5. The summed E-state index contributed by atoms with van der Waals surface area (Å²) in [6, 6.07) is 14.6. The van der Waals surface area contributed by atoms with Gasteiger partial charge in [0, 0.05) is 22.5 Å². The summed E-state index contributed by atoms with van der Waals surface area (Å²) in [6.45, 7) is 1.26. The van der Waals surface area contributed by atoms with Gasteiger partial charge in [-0.2, -0.15) is 4.98 Å². The standard InChI is InChI=1S/C23H16ClFN6O3/c1-13-4-9-16(11-18(13)25)26-19(32)12-31-23(33)30-10-2-3-17(21(30)28-31)22-27-20(29-34-22)14-5-7-15(24)8-6-14/h2-11H,12H2,1H3,(H,26,32). The molecule has 0 radical (unpaired) electrons. The molecule has 0 aliphatic heterocycles. The second-order valence-electron chi connectivity index (χ2n) is 7.50. The van der Waals surface area contributed by atoms with E-state index >= 15 is 0 Å². The Labute approximate surface area is 196 Å². The Hall–Kier alpha value is -4.31. The summed E-state index contributed by atoms with van der Waals surface area (Å²) in [5, 5.41) is 11.4. The number of halogens is 2. The summed E-state index contributed by atoms with van der Waals surface area (Å²) in [5.41, 5.74) is 1.59. The Morgan fingerprint density at radius 1 is 1.18 bits per heavy atom. The number of carbonyl (C=O) groups excluding carboxylic acids is 1. The third-order valence-corrected chi connectivity index (χ3v) is 5.37. The molecule has 3 aromatic heterocycles. The molecule has 3 heterocycles. The van der Waals surface area contributed by atoms with Gasteiger partial charge in [0.1, 0.15) is 12.4 Å². The van der Waals surface area contributed by atoms with Crippen LogP contribution < -0.4 is 11.0 Å². The molecule has 5 rings (SSSR count). The van der Waals surface area contributed by atoms with Gasteiger partial charge in [0.2, 0.25) is 11.7 Å². The van der Waals surface area contributed by atoms with Crippen LogP contribution in [0.15, 0.2) is 70.1 Å². The van der Waals surface area contributed by atoms with Crippen LogP contribution in [-0.4, -0.2) is 30.2 Å². The SMILES string of the molecule is Cc1ccc(NC(=O)Cn2nc3c(-c4nc(-c5ccc(Cl)cc5)no4)cccn3c2=O)cc1F. The van der Waals surface area contributed by atoms with Crippen molar-refractivity contribution in [3.8, 4) is 22.8 Å². The Morgan fingerprint density at radius 2 is 1.97 bits per heavy atom. The number of nitrogens with zero attached hydrogens (tertiary/aromatic N) is 5. The number of hydrogen-bond donors (Lipinski definition) is 1. The lowest BCUT2D eigenvalue weighted by atomic mass is 10.2. The summed E-state index contributed by atoms with van der Waals surface area (Å²) in [6.07, 6.45) is 1.52. The molecular formula is C23H16ClFN6O3. The van der Waals surface area contributed by atoms with E-state index in [1.54, 1.807) is 55.5 Å². The molecule has 0 fully saturated rings. The van der Waals surface area contributed by atoms with Crippen molar-refractivity contribution in [3.05, 3.63) is 87.7 Å². The van der Waals surface area contributed by atoms with Crippen molar-refractivity contribution in [1.29, 1.82) is 0 Å². The fourth-order valence-electron chi connectivity index (χ4n) is 3.36. The van der Waals surface area contributed by atoms with Gasteiger partial charge in [-0.15, -0.1) is 5.10 Å². The summed E-state index contributed by atoms with van der Waals surface area (Å²) < 4.78 is 21.4. The number of carbonyl (C=O) groups is 1. The van der Waals surface area contributed by atoms with Crippen LogP contribution >= 0.6 is 11.6 Å². The Balaban J connectivity index is 1.44. The first kappa shape index (κ1) is 21.5. The highest BCUT2D eigenvalue weighted by Gasteiger charge is 2.18. The van der Waals surface area contributed by atoms with Crippen LogP contribution in [0.25, 0.3) is 28.5 Å². The molecule has 0 saturated heterocycles. The highest BCUT2D eigenvalue weighted by molar-refractivity contribution is 6.30. The van der Waals surface area contributed by atoms with Crippen molar-refractivity contribution in [2.45, 2.75) is 13.5 Å². The van der Waals surface area contributed by atoms with Crippen molar-refractivity contribution in [3.63, 3.8) is 0 Å². The monoisotopic (exact) mass is 478 g/mol. The van der Waals surface area contributed by atoms with Crippen LogP contribution in [-0.2, 0) is 11.3 Å². The molecule has 0 bridgehead atoms. The number of aromatic nitrogens is 5. The number of amides is 1.